The number of rotatable bonds is 5. The van der Waals surface area contributed by atoms with Crippen molar-refractivity contribution in [1.82, 2.24) is 0 Å². The largest absolute Gasteiger partial charge is 0.508 e. The lowest BCUT2D eigenvalue weighted by Gasteiger charge is -2.34. The molecular formula is C27H21IO3S. The topological polar surface area (TPSA) is 38.7 Å². The van der Waals surface area contributed by atoms with Crippen LogP contribution >= 0.6 is 34.4 Å². The van der Waals surface area contributed by atoms with Gasteiger partial charge >= 0.3 is 0 Å². The monoisotopic (exact) mass is 552 g/mol. The smallest absolute Gasteiger partial charge is 0.140 e. The molecule has 1 aliphatic heterocycles. The molecule has 0 amide bonds. The summed E-state index contributed by atoms with van der Waals surface area (Å²) in [4.78, 5) is 0.937. The molecule has 0 aromatic heterocycles. The number of benzene rings is 4. The van der Waals surface area contributed by atoms with E-state index in [2.05, 4.69) is 71.1 Å². The molecule has 1 N–H and O–H groups in total. The van der Waals surface area contributed by atoms with Crippen molar-refractivity contribution >= 4 is 34.4 Å². The summed E-state index contributed by atoms with van der Waals surface area (Å²) < 4.78 is 13.7. The van der Waals surface area contributed by atoms with Gasteiger partial charge in [-0.25, -0.2) is 0 Å². The summed E-state index contributed by atoms with van der Waals surface area (Å²) >= 11 is 4.03. The minimum absolute atomic E-state index is 0.0182. The molecule has 32 heavy (non-hydrogen) atoms. The molecule has 4 aromatic carbocycles. The van der Waals surface area contributed by atoms with E-state index in [0.29, 0.717) is 6.61 Å². The van der Waals surface area contributed by atoms with Crippen molar-refractivity contribution in [3.63, 3.8) is 0 Å². The molecule has 160 valence electrons. The van der Waals surface area contributed by atoms with Gasteiger partial charge in [0.25, 0.3) is 0 Å². The molecule has 0 spiro atoms. The van der Waals surface area contributed by atoms with Gasteiger partial charge in [-0.3, -0.25) is 0 Å². The first kappa shape index (κ1) is 21.2. The first-order chi connectivity index (χ1) is 15.7. The van der Waals surface area contributed by atoms with Crippen LogP contribution in [0.1, 0.15) is 28.0 Å². The van der Waals surface area contributed by atoms with Crippen LogP contribution in [0.3, 0.4) is 0 Å². The number of phenols is 1. The highest BCUT2D eigenvalue weighted by molar-refractivity contribution is 14.1. The second kappa shape index (κ2) is 9.46. The van der Waals surface area contributed by atoms with Gasteiger partial charge in [0.05, 0.1) is 10.1 Å². The molecule has 0 bridgehead atoms. The van der Waals surface area contributed by atoms with Gasteiger partial charge in [0.1, 0.15) is 30.0 Å². The van der Waals surface area contributed by atoms with Crippen LogP contribution in [-0.4, -0.2) is 5.11 Å². The third-order valence-corrected chi connectivity index (χ3v) is 7.41. The zero-order valence-corrected chi connectivity index (χ0v) is 20.1. The molecule has 0 radical (unpaired) electrons. The van der Waals surface area contributed by atoms with Crippen molar-refractivity contribution in [2.75, 3.05) is 0 Å². The van der Waals surface area contributed by atoms with Crippen LogP contribution in [0.4, 0.5) is 0 Å². The quantitative estimate of drug-likeness (QED) is 0.260. The lowest BCUT2D eigenvalue weighted by Crippen LogP contribution is -2.19. The molecular weight excluding hydrogens is 531 g/mol. The SMILES string of the molecule is Oc1ccc2c(c1)S[C@H](c1cccc(OCc3ccccc3)c1)[C@H](c1ccc(I)cc1)O2. The van der Waals surface area contributed by atoms with Gasteiger partial charge in [0.15, 0.2) is 0 Å². The van der Waals surface area contributed by atoms with Crippen LogP contribution in [0.15, 0.2) is 102 Å². The first-order valence-corrected chi connectivity index (χ1v) is 12.3. The average Bonchev–Trinajstić information content (AvgIpc) is 2.83. The van der Waals surface area contributed by atoms with Crippen LogP contribution in [0.25, 0.3) is 0 Å². The van der Waals surface area contributed by atoms with Gasteiger partial charge in [-0.2, -0.15) is 0 Å². The molecule has 2 atom stereocenters. The molecule has 0 fully saturated rings. The summed E-state index contributed by atoms with van der Waals surface area (Å²) in [5.41, 5.74) is 3.38. The van der Waals surface area contributed by atoms with Gasteiger partial charge in [-0.05, 0) is 81.7 Å². The number of thioether (sulfide) groups is 1. The number of phenolic OH excluding ortho intramolecular Hbond substituents is 1. The standard InChI is InChI=1S/C27H21IO3S/c28-21-11-9-19(10-12-21)26-27(32-25-16-22(29)13-14-24(25)31-26)20-7-4-8-23(15-20)30-17-18-5-2-1-3-6-18/h1-16,26-27,29H,17H2/t26-,27+/m0/s1. The van der Waals surface area contributed by atoms with Crippen LogP contribution in [0.5, 0.6) is 17.2 Å². The fourth-order valence-electron chi connectivity index (χ4n) is 3.74. The van der Waals surface area contributed by atoms with Gasteiger partial charge in [0.2, 0.25) is 0 Å². The van der Waals surface area contributed by atoms with Crippen molar-refractivity contribution < 1.29 is 14.6 Å². The van der Waals surface area contributed by atoms with E-state index in [9.17, 15) is 5.11 Å². The lowest BCUT2D eigenvalue weighted by molar-refractivity contribution is 0.190. The van der Waals surface area contributed by atoms with E-state index in [-0.39, 0.29) is 17.1 Å². The van der Waals surface area contributed by atoms with Gasteiger partial charge in [0, 0.05) is 3.57 Å². The Hall–Kier alpha value is -2.64. The van der Waals surface area contributed by atoms with Crippen molar-refractivity contribution in [3.05, 3.63) is 117 Å². The van der Waals surface area contributed by atoms with E-state index in [1.165, 1.54) is 3.57 Å². The molecule has 5 heteroatoms. The van der Waals surface area contributed by atoms with Gasteiger partial charge in [-0.15, -0.1) is 11.8 Å². The summed E-state index contributed by atoms with van der Waals surface area (Å²) in [6.45, 7) is 0.524. The normalized spacial score (nSPS) is 17.3. The molecule has 0 unspecified atom stereocenters. The van der Waals surface area contributed by atoms with Crippen LogP contribution in [0.2, 0.25) is 0 Å². The first-order valence-electron chi connectivity index (χ1n) is 10.3. The number of aromatic hydroxyl groups is 1. The zero-order chi connectivity index (χ0) is 21.9. The third kappa shape index (κ3) is 4.74. The number of hydrogen-bond acceptors (Lipinski definition) is 4. The van der Waals surface area contributed by atoms with Crippen molar-refractivity contribution in [2.24, 2.45) is 0 Å². The number of halogens is 1. The van der Waals surface area contributed by atoms with Crippen molar-refractivity contribution in [3.8, 4) is 17.2 Å². The number of fused-ring (bicyclic) bond motifs is 1. The Labute approximate surface area is 205 Å². The maximum atomic E-state index is 9.99. The van der Waals surface area contributed by atoms with Gasteiger partial charge in [-0.1, -0.05) is 54.6 Å². The highest BCUT2D eigenvalue weighted by Crippen LogP contribution is 2.54. The summed E-state index contributed by atoms with van der Waals surface area (Å²) in [5.74, 6) is 1.87. The van der Waals surface area contributed by atoms with Crippen LogP contribution < -0.4 is 9.47 Å². The van der Waals surface area contributed by atoms with Crippen LogP contribution in [0, 0.1) is 3.57 Å². The Morgan fingerprint density at radius 3 is 2.47 bits per heavy atom. The maximum absolute atomic E-state index is 9.99. The summed E-state index contributed by atoms with van der Waals surface area (Å²) in [6.07, 6.45) is -0.154. The Bertz CT molecular complexity index is 1210. The fraction of sp³-hybridized carbons (Fsp3) is 0.111. The van der Waals surface area contributed by atoms with E-state index < -0.39 is 0 Å². The highest BCUT2D eigenvalue weighted by Gasteiger charge is 2.33. The summed E-state index contributed by atoms with van der Waals surface area (Å²) in [7, 11) is 0. The molecule has 0 saturated carbocycles. The molecule has 4 aromatic rings. The molecule has 1 aliphatic rings. The van der Waals surface area contributed by atoms with E-state index in [0.717, 1.165) is 33.1 Å². The Balaban J connectivity index is 1.46. The van der Waals surface area contributed by atoms with E-state index in [1.54, 1.807) is 23.9 Å². The molecule has 1 heterocycles. The van der Waals surface area contributed by atoms with Gasteiger partial charge < -0.3 is 14.6 Å². The van der Waals surface area contributed by atoms with E-state index in [1.807, 2.05) is 36.4 Å². The summed E-state index contributed by atoms with van der Waals surface area (Å²) in [6, 6.07) is 32.1. The zero-order valence-electron chi connectivity index (χ0n) is 17.1. The lowest BCUT2D eigenvalue weighted by atomic mass is 10.00. The fourth-order valence-corrected chi connectivity index (χ4v) is 5.42. The van der Waals surface area contributed by atoms with Crippen molar-refractivity contribution in [1.29, 1.82) is 0 Å². The molecule has 3 nitrogen and oxygen atoms in total. The van der Waals surface area contributed by atoms with Crippen LogP contribution in [-0.2, 0) is 6.61 Å². The Morgan fingerprint density at radius 2 is 1.66 bits per heavy atom. The summed E-state index contributed by atoms with van der Waals surface area (Å²) in [5, 5.41) is 10.0. The molecule has 0 aliphatic carbocycles. The highest BCUT2D eigenvalue weighted by atomic mass is 127. The minimum Gasteiger partial charge on any atom is -0.508 e. The Morgan fingerprint density at radius 1 is 0.844 bits per heavy atom. The van der Waals surface area contributed by atoms with E-state index >= 15 is 0 Å². The number of hydrogen-bond donors (Lipinski definition) is 1. The predicted octanol–water partition coefficient (Wildman–Crippen LogP) is 7.54. The number of ether oxygens (including phenoxy) is 2. The Kier molecular flexibility index (Phi) is 6.28. The molecule has 0 saturated heterocycles. The van der Waals surface area contributed by atoms with E-state index in [4.69, 9.17) is 9.47 Å². The average molecular weight is 552 g/mol. The van der Waals surface area contributed by atoms with Crippen molar-refractivity contribution in [2.45, 2.75) is 22.9 Å². The molecule has 5 rings (SSSR count). The predicted molar refractivity (Wildman–Crippen MR) is 136 cm³/mol. The third-order valence-electron chi connectivity index (χ3n) is 5.34. The minimum atomic E-state index is -0.154. The second-order valence-electron chi connectivity index (χ2n) is 7.61. The second-order valence-corrected chi connectivity index (χ2v) is 10.0. The maximum Gasteiger partial charge on any atom is 0.140 e.